The maximum atomic E-state index is 2.46. The maximum Gasteiger partial charge on any atom is -0.0348 e. The van der Waals surface area contributed by atoms with E-state index < -0.39 is 0 Å². The van der Waals surface area contributed by atoms with Gasteiger partial charge in [-0.2, -0.15) is 0 Å². The molecule has 0 saturated heterocycles. The lowest BCUT2D eigenvalue weighted by atomic mass is 10.1. The minimum absolute atomic E-state index is 1.24. The predicted molar refractivity (Wildman–Crippen MR) is 59.5 cm³/mol. The minimum Gasteiger partial charge on any atom is -0.0845 e. The Balaban J connectivity index is 2.18. The van der Waals surface area contributed by atoms with Gasteiger partial charge in [-0.1, -0.05) is 43.6 Å². The summed E-state index contributed by atoms with van der Waals surface area (Å²) in [5.74, 6) is 0. The molecular weight excluding hydrogens is 156 g/mol. The Morgan fingerprint density at radius 1 is 0.538 bits per heavy atom. The lowest BCUT2D eigenvalue weighted by Crippen LogP contribution is -1.80. The molecule has 1 aliphatic carbocycles. The van der Waals surface area contributed by atoms with Crippen LogP contribution < -0.4 is 0 Å². The van der Waals surface area contributed by atoms with E-state index in [1.165, 1.54) is 51.4 Å². The van der Waals surface area contributed by atoms with Crippen molar-refractivity contribution < 1.29 is 0 Å². The van der Waals surface area contributed by atoms with E-state index in [1.54, 1.807) is 0 Å². The van der Waals surface area contributed by atoms with Crippen LogP contribution in [-0.4, -0.2) is 0 Å². The van der Waals surface area contributed by atoms with E-state index in [2.05, 4.69) is 30.7 Å². The van der Waals surface area contributed by atoms with E-state index in [1.807, 2.05) is 0 Å². The fourth-order valence-corrected chi connectivity index (χ4v) is 1.60. The molecule has 0 N–H and O–H groups in total. The van der Waals surface area contributed by atoms with Crippen LogP contribution in [0.15, 0.2) is 24.3 Å². The lowest BCUT2D eigenvalue weighted by Gasteiger charge is -1.98. The Labute approximate surface area is 82.7 Å². The number of allylic oxidation sites excluding steroid dienone is 4. The van der Waals surface area contributed by atoms with Crippen LogP contribution in [0.25, 0.3) is 0 Å². The highest BCUT2D eigenvalue weighted by atomic mass is 14.0. The van der Waals surface area contributed by atoms with Crippen LogP contribution in [0.2, 0.25) is 0 Å². The fourth-order valence-electron chi connectivity index (χ4n) is 1.60. The van der Waals surface area contributed by atoms with Gasteiger partial charge in [0, 0.05) is 0 Å². The van der Waals surface area contributed by atoms with Gasteiger partial charge in [-0.05, 0) is 38.5 Å². The van der Waals surface area contributed by atoms with Crippen molar-refractivity contribution in [3.8, 4) is 0 Å². The smallest absolute Gasteiger partial charge is 0.0348 e. The van der Waals surface area contributed by atoms with Gasteiger partial charge in [0.2, 0.25) is 0 Å². The normalized spacial score (nSPS) is 26.5. The lowest BCUT2D eigenvalue weighted by molar-refractivity contribution is 0.660. The van der Waals surface area contributed by atoms with E-state index in [4.69, 9.17) is 0 Å². The van der Waals surface area contributed by atoms with Gasteiger partial charge >= 0.3 is 0 Å². The molecule has 0 heteroatoms. The van der Waals surface area contributed by atoms with E-state index >= 15 is 0 Å². The molecule has 0 heterocycles. The van der Waals surface area contributed by atoms with Crippen molar-refractivity contribution in [1.82, 2.24) is 0 Å². The highest BCUT2D eigenvalue weighted by Gasteiger charge is 1.91. The molecule has 0 aliphatic heterocycles. The van der Waals surface area contributed by atoms with Crippen LogP contribution >= 0.6 is 0 Å². The molecule has 0 amide bonds. The molecule has 1 rings (SSSR count). The molecular formula is C13H21. The first-order chi connectivity index (χ1) is 6.50. The summed E-state index contributed by atoms with van der Waals surface area (Å²) in [7, 11) is 0. The first-order valence-corrected chi connectivity index (χ1v) is 5.63. The molecule has 0 bridgehead atoms. The second-order valence-electron chi connectivity index (χ2n) is 3.71. The number of hydrogen-bond acceptors (Lipinski definition) is 0. The Morgan fingerprint density at radius 2 is 1.15 bits per heavy atom. The van der Waals surface area contributed by atoms with Crippen molar-refractivity contribution in [3.05, 3.63) is 30.7 Å². The number of rotatable bonds is 0. The fraction of sp³-hybridized carbons (Fsp3) is 0.615. The van der Waals surface area contributed by atoms with E-state index in [0.717, 1.165) is 0 Å². The third-order valence-electron chi connectivity index (χ3n) is 2.44. The molecule has 1 radical (unpaired) electrons. The SMILES string of the molecule is [CH]1CCC/C=C/C=C/CCCCC1. The quantitative estimate of drug-likeness (QED) is 0.513. The van der Waals surface area contributed by atoms with E-state index in [9.17, 15) is 0 Å². The Morgan fingerprint density at radius 3 is 2.00 bits per heavy atom. The highest BCUT2D eigenvalue weighted by molar-refractivity contribution is 5.02. The zero-order valence-corrected chi connectivity index (χ0v) is 8.54. The monoisotopic (exact) mass is 177 g/mol. The molecule has 0 aromatic heterocycles. The molecule has 1 aliphatic rings. The summed E-state index contributed by atoms with van der Waals surface area (Å²) in [6.07, 6.45) is 22.0. The summed E-state index contributed by atoms with van der Waals surface area (Å²) >= 11 is 0. The second kappa shape index (κ2) is 8.10. The van der Waals surface area contributed by atoms with Gasteiger partial charge < -0.3 is 0 Å². The molecule has 13 heavy (non-hydrogen) atoms. The first kappa shape index (κ1) is 10.6. The van der Waals surface area contributed by atoms with Gasteiger partial charge in [0.05, 0.1) is 0 Å². The molecule has 0 unspecified atom stereocenters. The zero-order chi connectivity index (χ0) is 9.19. The van der Waals surface area contributed by atoms with Gasteiger partial charge in [0.15, 0.2) is 0 Å². The van der Waals surface area contributed by atoms with Crippen molar-refractivity contribution >= 4 is 0 Å². The van der Waals surface area contributed by atoms with Crippen LogP contribution in [0.3, 0.4) is 0 Å². The molecule has 0 saturated carbocycles. The van der Waals surface area contributed by atoms with E-state index in [0.29, 0.717) is 0 Å². The topological polar surface area (TPSA) is 0 Å². The summed E-state index contributed by atoms with van der Waals surface area (Å²) in [6.45, 7) is 0. The number of hydrogen-bond donors (Lipinski definition) is 0. The van der Waals surface area contributed by atoms with Crippen LogP contribution in [0.5, 0.6) is 0 Å². The summed E-state index contributed by atoms with van der Waals surface area (Å²) in [5, 5.41) is 0. The molecule has 0 nitrogen and oxygen atoms in total. The van der Waals surface area contributed by atoms with Crippen LogP contribution in [0, 0.1) is 6.42 Å². The zero-order valence-electron chi connectivity index (χ0n) is 8.54. The molecule has 0 fully saturated rings. The highest BCUT2D eigenvalue weighted by Crippen LogP contribution is 2.10. The molecule has 0 spiro atoms. The first-order valence-electron chi connectivity index (χ1n) is 5.63. The molecule has 0 aromatic rings. The molecule has 0 aromatic carbocycles. The van der Waals surface area contributed by atoms with Crippen molar-refractivity contribution in [1.29, 1.82) is 0 Å². The summed E-state index contributed by atoms with van der Waals surface area (Å²) in [6, 6.07) is 0. The van der Waals surface area contributed by atoms with Gasteiger partial charge in [-0.15, -0.1) is 0 Å². The Bertz CT molecular complexity index is 135. The predicted octanol–water partition coefficient (Wildman–Crippen LogP) is 4.44. The van der Waals surface area contributed by atoms with Crippen molar-refractivity contribution in [3.63, 3.8) is 0 Å². The largest absolute Gasteiger partial charge is 0.0845 e. The minimum atomic E-state index is 1.24. The van der Waals surface area contributed by atoms with Crippen molar-refractivity contribution in [2.24, 2.45) is 0 Å². The van der Waals surface area contributed by atoms with Crippen molar-refractivity contribution in [2.45, 2.75) is 51.4 Å². The van der Waals surface area contributed by atoms with Crippen molar-refractivity contribution in [2.75, 3.05) is 0 Å². The standard InChI is InChI=1S/C13H21/c1-2-4-6-8-10-12-13-11-9-7-5-3-1/h1-4,11H,5-10,12-13H2/b3-1+,4-2+. The Hall–Kier alpha value is -0.520. The maximum absolute atomic E-state index is 2.46. The molecule has 73 valence electrons. The average molecular weight is 177 g/mol. The van der Waals surface area contributed by atoms with Crippen LogP contribution in [-0.2, 0) is 0 Å². The van der Waals surface area contributed by atoms with Crippen LogP contribution in [0.1, 0.15) is 51.4 Å². The summed E-state index contributed by atoms with van der Waals surface area (Å²) in [4.78, 5) is 0. The van der Waals surface area contributed by atoms with Crippen LogP contribution in [0.4, 0.5) is 0 Å². The van der Waals surface area contributed by atoms with Gasteiger partial charge in [-0.3, -0.25) is 0 Å². The third kappa shape index (κ3) is 6.62. The average Bonchev–Trinajstić information content (AvgIpc) is 2.18. The third-order valence-corrected chi connectivity index (χ3v) is 2.44. The van der Waals surface area contributed by atoms with E-state index in [-0.39, 0.29) is 0 Å². The Kier molecular flexibility index (Phi) is 6.58. The van der Waals surface area contributed by atoms with Gasteiger partial charge in [-0.25, -0.2) is 0 Å². The summed E-state index contributed by atoms with van der Waals surface area (Å²) < 4.78 is 0. The molecule has 0 atom stereocenters. The second-order valence-corrected chi connectivity index (χ2v) is 3.71. The summed E-state index contributed by atoms with van der Waals surface area (Å²) in [5.41, 5.74) is 0. The van der Waals surface area contributed by atoms with Gasteiger partial charge in [0.25, 0.3) is 0 Å². The van der Waals surface area contributed by atoms with Gasteiger partial charge in [0.1, 0.15) is 0 Å².